The van der Waals surface area contributed by atoms with E-state index in [4.69, 9.17) is 28.9 Å². The predicted octanol–water partition coefficient (Wildman–Crippen LogP) is 5.00. The minimum absolute atomic E-state index is 0. The zero-order valence-electron chi connectivity index (χ0n) is 9.38. The summed E-state index contributed by atoms with van der Waals surface area (Å²) in [4.78, 5) is 0. The molecule has 1 atom stereocenters. The van der Waals surface area contributed by atoms with E-state index in [0.717, 1.165) is 18.4 Å². The van der Waals surface area contributed by atoms with Crippen LogP contribution in [0.25, 0.3) is 0 Å². The van der Waals surface area contributed by atoms with Crippen LogP contribution in [0.2, 0.25) is 10.0 Å². The lowest BCUT2D eigenvalue weighted by atomic mass is 10.0. The Morgan fingerprint density at radius 1 is 1.25 bits per heavy atom. The van der Waals surface area contributed by atoms with Crippen molar-refractivity contribution in [2.24, 2.45) is 5.73 Å². The zero-order valence-corrected chi connectivity index (χ0v) is 11.7. The molecule has 0 unspecified atom stereocenters. The first-order valence-corrected chi connectivity index (χ1v) is 6.11. The molecule has 0 spiro atoms. The van der Waals surface area contributed by atoms with Crippen molar-refractivity contribution >= 4 is 35.6 Å². The molecule has 1 aromatic carbocycles. The quantitative estimate of drug-likeness (QED) is 0.756. The first-order chi connectivity index (χ1) is 7.15. The topological polar surface area (TPSA) is 26.0 Å². The Hall–Kier alpha value is 0.0500. The number of halogens is 3. The molecular weight excluding hydrogens is 264 g/mol. The predicted molar refractivity (Wildman–Crippen MR) is 74.8 cm³/mol. The summed E-state index contributed by atoms with van der Waals surface area (Å²) >= 11 is 11.9. The van der Waals surface area contributed by atoms with Crippen molar-refractivity contribution in [2.75, 3.05) is 0 Å². The SMILES string of the molecule is CCCCC[C@@H](N)c1ccc(Cl)cc1Cl.Cl. The molecule has 92 valence electrons. The average Bonchev–Trinajstić information content (AvgIpc) is 2.17. The van der Waals surface area contributed by atoms with Gasteiger partial charge in [-0.1, -0.05) is 55.5 Å². The van der Waals surface area contributed by atoms with Gasteiger partial charge in [0, 0.05) is 16.1 Å². The van der Waals surface area contributed by atoms with Gasteiger partial charge in [0.1, 0.15) is 0 Å². The Bertz CT molecular complexity index is 315. The summed E-state index contributed by atoms with van der Waals surface area (Å²) < 4.78 is 0. The lowest BCUT2D eigenvalue weighted by molar-refractivity contribution is 0.581. The summed E-state index contributed by atoms with van der Waals surface area (Å²) in [7, 11) is 0. The Morgan fingerprint density at radius 3 is 2.50 bits per heavy atom. The Morgan fingerprint density at radius 2 is 1.94 bits per heavy atom. The molecular formula is C12H18Cl3N. The van der Waals surface area contributed by atoms with Crippen molar-refractivity contribution < 1.29 is 0 Å². The van der Waals surface area contributed by atoms with Crippen LogP contribution in [0.15, 0.2) is 18.2 Å². The van der Waals surface area contributed by atoms with Crippen LogP contribution in [0, 0.1) is 0 Å². The molecule has 0 aromatic heterocycles. The molecule has 0 aliphatic carbocycles. The maximum absolute atomic E-state index is 6.07. The maximum Gasteiger partial charge on any atom is 0.0468 e. The van der Waals surface area contributed by atoms with Gasteiger partial charge < -0.3 is 5.73 Å². The number of benzene rings is 1. The molecule has 2 N–H and O–H groups in total. The highest BCUT2D eigenvalue weighted by molar-refractivity contribution is 6.35. The summed E-state index contributed by atoms with van der Waals surface area (Å²) in [6.45, 7) is 2.18. The van der Waals surface area contributed by atoms with Gasteiger partial charge in [0.25, 0.3) is 0 Å². The second-order valence-corrected chi connectivity index (χ2v) is 4.61. The van der Waals surface area contributed by atoms with Crippen LogP contribution in [0.5, 0.6) is 0 Å². The third-order valence-electron chi connectivity index (χ3n) is 2.48. The van der Waals surface area contributed by atoms with Gasteiger partial charge in [0.15, 0.2) is 0 Å². The molecule has 0 amide bonds. The largest absolute Gasteiger partial charge is 0.324 e. The van der Waals surface area contributed by atoms with Gasteiger partial charge in [-0.25, -0.2) is 0 Å². The molecule has 0 bridgehead atoms. The van der Waals surface area contributed by atoms with Crippen molar-refractivity contribution in [1.29, 1.82) is 0 Å². The normalized spacial score (nSPS) is 12.0. The molecule has 0 fully saturated rings. The lowest BCUT2D eigenvalue weighted by Crippen LogP contribution is -2.10. The number of rotatable bonds is 5. The molecule has 1 rings (SSSR count). The highest BCUT2D eigenvalue weighted by Crippen LogP contribution is 2.27. The van der Waals surface area contributed by atoms with Gasteiger partial charge in [-0.2, -0.15) is 0 Å². The summed E-state index contributed by atoms with van der Waals surface area (Å²) in [6, 6.07) is 5.53. The van der Waals surface area contributed by atoms with Gasteiger partial charge in [0.05, 0.1) is 0 Å². The van der Waals surface area contributed by atoms with E-state index in [1.165, 1.54) is 12.8 Å². The first-order valence-electron chi connectivity index (χ1n) is 5.35. The Kier molecular flexibility index (Phi) is 8.21. The van der Waals surface area contributed by atoms with Crippen molar-refractivity contribution in [3.8, 4) is 0 Å². The summed E-state index contributed by atoms with van der Waals surface area (Å²) in [5.74, 6) is 0. The smallest absolute Gasteiger partial charge is 0.0468 e. The summed E-state index contributed by atoms with van der Waals surface area (Å²) in [5.41, 5.74) is 7.06. The monoisotopic (exact) mass is 281 g/mol. The van der Waals surface area contributed by atoms with E-state index in [1.807, 2.05) is 12.1 Å². The van der Waals surface area contributed by atoms with Gasteiger partial charge >= 0.3 is 0 Å². The van der Waals surface area contributed by atoms with Crippen molar-refractivity contribution in [1.82, 2.24) is 0 Å². The second kappa shape index (κ2) is 8.19. The van der Waals surface area contributed by atoms with E-state index in [0.29, 0.717) is 10.0 Å². The fourth-order valence-electron chi connectivity index (χ4n) is 1.57. The molecule has 16 heavy (non-hydrogen) atoms. The molecule has 1 aromatic rings. The van der Waals surface area contributed by atoms with Gasteiger partial charge in [-0.05, 0) is 24.1 Å². The van der Waals surface area contributed by atoms with E-state index in [-0.39, 0.29) is 18.4 Å². The second-order valence-electron chi connectivity index (χ2n) is 3.77. The van der Waals surface area contributed by atoms with Crippen LogP contribution in [-0.2, 0) is 0 Å². The molecule has 0 saturated carbocycles. The molecule has 0 radical (unpaired) electrons. The first kappa shape index (κ1) is 16.1. The van der Waals surface area contributed by atoms with Crippen molar-refractivity contribution in [3.63, 3.8) is 0 Å². The molecule has 0 aliphatic rings. The van der Waals surface area contributed by atoms with E-state index >= 15 is 0 Å². The summed E-state index contributed by atoms with van der Waals surface area (Å²) in [6.07, 6.45) is 4.56. The molecule has 1 nitrogen and oxygen atoms in total. The van der Waals surface area contributed by atoms with Crippen LogP contribution in [-0.4, -0.2) is 0 Å². The number of hydrogen-bond acceptors (Lipinski definition) is 1. The maximum atomic E-state index is 6.07. The van der Waals surface area contributed by atoms with Crippen LogP contribution >= 0.6 is 35.6 Å². The third kappa shape index (κ3) is 4.92. The van der Waals surface area contributed by atoms with Crippen LogP contribution < -0.4 is 5.73 Å². The Labute approximate surface area is 114 Å². The number of hydrogen-bond donors (Lipinski definition) is 1. The van der Waals surface area contributed by atoms with Crippen LogP contribution in [0.3, 0.4) is 0 Å². The standard InChI is InChI=1S/C12H17Cl2N.ClH/c1-2-3-4-5-12(15)10-7-6-9(13)8-11(10)14;/h6-8,12H,2-5,15H2,1H3;1H/t12-;/m1./s1. The van der Waals surface area contributed by atoms with Crippen LogP contribution in [0.1, 0.15) is 44.2 Å². The molecule has 0 aliphatic heterocycles. The van der Waals surface area contributed by atoms with Crippen molar-refractivity contribution in [2.45, 2.75) is 38.6 Å². The zero-order chi connectivity index (χ0) is 11.3. The van der Waals surface area contributed by atoms with E-state index < -0.39 is 0 Å². The van der Waals surface area contributed by atoms with Gasteiger partial charge in [0.2, 0.25) is 0 Å². The summed E-state index contributed by atoms with van der Waals surface area (Å²) in [5, 5.41) is 1.33. The van der Waals surface area contributed by atoms with Gasteiger partial charge in [-0.15, -0.1) is 12.4 Å². The van der Waals surface area contributed by atoms with Crippen LogP contribution in [0.4, 0.5) is 0 Å². The average molecular weight is 283 g/mol. The number of unbranched alkanes of at least 4 members (excludes halogenated alkanes) is 2. The molecule has 4 heteroatoms. The highest BCUT2D eigenvalue weighted by atomic mass is 35.5. The minimum atomic E-state index is 0. The highest BCUT2D eigenvalue weighted by Gasteiger charge is 2.09. The lowest BCUT2D eigenvalue weighted by Gasteiger charge is -2.13. The minimum Gasteiger partial charge on any atom is -0.324 e. The number of nitrogens with two attached hydrogens (primary N) is 1. The fourth-order valence-corrected chi connectivity index (χ4v) is 2.12. The van der Waals surface area contributed by atoms with Gasteiger partial charge in [-0.3, -0.25) is 0 Å². The fraction of sp³-hybridized carbons (Fsp3) is 0.500. The van der Waals surface area contributed by atoms with E-state index in [2.05, 4.69) is 6.92 Å². The third-order valence-corrected chi connectivity index (χ3v) is 3.04. The molecule has 0 saturated heterocycles. The van der Waals surface area contributed by atoms with E-state index in [9.17, 15) is 0 Å². The Balaban J connectivity index is 0.00000225. The van der Waals surface area contributed by atoms with E-state index in [1.54, 1.807) is 6.07 Å². The van der Waals surface area contributed by atoms with Crippen molar-refractivity contribution in [3.05, 3.63) is 33.8 Å². The molecule has 0 heterocycles.